The van der Waals surface area contributed by atoms with E-state index in [1.807, 2.05) is 21.6 Å². The third-order valence-electron chi connectivity index (χ3n) is 5.75. The number of nitrogens with one attached hydrogen (secondary N) is 1. The highest BCUT2D eigenvalue weighted by Gasteiger charge is 2.30. The third-order valence-corrected chi connectivity index (χ3v) is 8.75. The average molecular weight is 454 g/mol. The van der Waals surface area contributed by atoms with Gasteiger partial charge < -0.3 is 10.4 Å². The fourth-order valence-corrected chi connectivity index (χ4v) is 6.69. The van der Waals surface area contributed by atoms with Gasteiger partial charge in [0.2, 0.25) is 5.91 Å². The molecule has 0 radical (unpaired) electrons. The van der Waals surface area contributed by atoms with E-state index >= 15 is 0 Å². The molecule has 2 N–H and O–H groups in total. The van der Waals surface area contributed by atoms with Crippen LogP contribution in [-0.2, 0) is 14.4 Å². The van der Waals surface area contributed by atoms with E-state index in [4.69, 9.17) is 0 Å². The van der Waals surface area contributed by atoms with Crippen LogP contribution in [-0.4, -0.2) is 45.7 Å². The van der Waals surface area contributed by atoms with Crippen LogP contribution in [0.25, 0.3) is 0 Å². The van der Waals surface area contributed by atoms with Gasteiger partial charge in [-0.25, -0.2) is 0 Å². The first-order valence-corrected chi connectivity index (χ1v) is 13.2. The summed E-state index contributed by atoms with van der Waals surface area (Å²) in [6.45, 7) is 7.10. The summed E-state index contributed by atoms with van der Waals surface area (Å²) in [5, 5.41) is 13.7. The van der Waals surface area contributed by atoms with Crippen molar-refractivity contribution in [2.45, 2.75) is 89.9 Å². The lowest BCUT2D eigenvalue weighted by molar-refractivity contribution is -0.121. The molecule has 1 unspecified atom stereocenters. The molecule has 1 aliphatic heterocycles. The Morgan fingerprint density at radius 1 is 1.10 bits per heavy atom. The van der Waals surface area contributed by atoms with Crippen molar-refractivity contribution in [1.29, 1.82) is 0 Å². The molecule has 0 bridgehead atoms. The quantitative estimate of drug-likeness (QED) is 0.271. The number of hydrogen-bond donors (Lipinski definition) is 2. The first-order chi connectivity index (χ1) is 14.1. The van der Waals surface area contributed by atoms with E-state index in [-0.39, 0.29) is 17.5 Å². The van der Waals surface area contributed by atoms with Crippen molar-refractivity contribution >= 4 is 39.1 Å². The summed E-state index contributed by atoms with van der Waals surface area (Å²) in [6, 6.07) is 0. The number of aliphatic hydroxyl groups is 1. The zero-order valence-corrected chi connectivity index (χ0v) is 20.3. The summed E-state index contributed by atoms with van der Waals surface area (Å²) < 4.78 is 0. The van der Waals surface area contributed by atoms with Crippen molar-refractivity contribution in [3.05, 3.63) is 22.3 Å². The summed E-state index contributed by atoms with van der Waals surface area (Å²) in [5.74, 6) is 1.01. The van der Waals surface area contributed by atoms with Crippen molar-refractivity contribution in [2.24, 2.45) is 0 Å². The Kier molecular flexibility index (Phi) is 9.69. The summed E-state index contributed by atoms with van der Waals surface area (Å²) >= 11 is 0. The molecule has 7 heteroatoms. The average Bonchev–Trinajstić information content (AvgIpc) is 3.19. The SMILES string of the molecule is CC1=C(C)C(=O)C(CCC(C)(C)O)=C(CCNC(=O)CCCCC2CCSS2)C1=O. The van der Waals surface area contributed by atoms with Crippen molar-refractivity contribution in [3.8, 4) is 0 Å². The Morgan fingerprint density at radius 3 is 2.30 bits per heavy atom. The summed E-state index contributed by atoms with van der Waals surface area (Å²) in [4.78, 5) is 37.7. The second-order valence-corrected chi connectivity index (χ2v) is 11.6. The summed E-state index contributed by atoms with van der Waals surface area (Å²) in [7, 11) is 3.91. The van der Waals surface area contributed by atoms with Crippen LogP contribution >= 0.6 is 21.6 Å². The Morgan fingerprint density at radius 2 is 1.73 bits per heavy atom. The Bertz CT molecular complexity index is 728. The van der Waals surface area contributed by atoms with Gasteiger partial charge in [-0.05, 0) is 66.2 Å². The molecule has 0 aromatic heterocycles. The molecular weight excluding hydrogens is 418 g/mol. The van der Waals surface area contributed by atoms with Gasteiger partial charge in [-0.1, -0.05) is 28.0 Å². The predicted molar refractivity (Wildman–Crippen MR) is 125 cm³/mol. The number of unbranched alkanes of at least 4 members (excludes halogenated alkanes) is 1. The van der Waals surface area contributed by atoms with Crippen LogP contribution in [0.15, 0.2) is 22.3 Å². The molecule has 2 aliphatic rings. The van der Waals surface area contributed by atoms with Gasteiger partial charge in [0.15, 0.2) is 11.6 Å². The zero-order chi connectivity index (χ0) is 22.3. The number of ketones is 2. The van der Waals surface area contributed by atoms with Crippen LogP contribution in [0.4, 0.5) is 0 Å². The van der Waals surface area contributed by atoms with Crippen LogP contribution in [0, 0.1) is 0 Å². The third kappa shape index (κ3) is 7.57. The van der Waals surface area contributed by atoms with Gasteiger partial charge in [-0.2, -0.15) is 0 Å². The van der Waals surface area contributed by atoms with Gasteiger partial charge in [0.25, 0.3) is 0 Å². The van der Waals surface area contributed by atoms with Crippen LogP contribution in [0.3, 0.4) is 0 Å². The molecule has 0 spiro atoms. The maximum absolute atomic E-state index is 12.8. The monoisotopic (exact) mass is 453 g/mol. The molecule has 168 valence electrons. The first kappa shape index (κ1) is 25.2. The highest BCUT2D eigenvalue weighted by molar-refractivity contribution is 8.77. The molecule has 1 heterocycles. The van der Waals surface area contributed by atoms with E-state index in [0.717, 1.165) is 18.1 Å². The van der Waals surface area contributed by atoms with Crippen LogP contribution in [0.5, 0.6) is 0 Å². The lowest BCUT2D eigenvalue weighted by atomic mass is 9.81. The highest BCUT2D eigenvalue weighted by atomic mass is 33.1. The lowest BCUT2D eigenvalue weighted by Gasteiger charge is -2.23. The predicted octanol–water partition coefficient (Wildman–Crippen LogP) is 4.54. The normalized spacial score (nSPS) is 20.4. The molecule has 1 atom stereocenters. The maximum Gasteiger partial charge on any atom is 0.220 e. The van der Waals surface area contributed by atoms with E-state index in [9.17, 15) is 19.5 Å². The number of hydrogen-bond acceptors (Lipinski definition) is 6. The topological polar surface area (TPSA) is 83.5 Å². The minimum atomic E-state index is -0.907. The summed E-state index contributed by atoms with van der Waals surface area (Å²) in [5.41, 5.74) is 1.04. The van der Waals surface area contributed by atoms with E-state index in [0.29, 0.717) is 54.5 Å². The molecule has 1 aliphatic carbocycles. The lowest BCUT2D eigenvalue weighted by Crippen LogP contribution is -2.29. The fraction of sp³-hybridized carbons (Fsp3) is 0.696. The van der Waals surface area contributed by atoms with Crippen molar-refractivity contribution < 1.29 is 19.5 Å². The van der Waals surface area contributed by atoms with Gasteiger partial charge in [0.1, 0.15) is 0 Å². The fourth-order valence-electron chi connectivity index (χ4n) is 3.66. The molecule has 2 rings (SSSR count). The summed E-state index contributed by atoms with van der Waals surface area (Å²) in [6.07, 6.45) is 6.00. The number of carbonyl (C=O) groups excluding carboxylic acids is 3. The van der Waals surface area contributed by atoms with Gasteiger partial charge in [-0.3, -0.25) is 14.4 Å². The Balaban J connectivity index is 1.85. The number of amides is 1. The second-order valence-electron chi connectivity index (χ2n) is 8.85. The second kappa shape index (κ2) is 11.5. The zero-order valence-electron chi connectivity index (χ0n) is 18.6. The molecule has 1 amide bonds. The van der Waals surface area contributed by atoms with E-state index < -0.39 is 5.60 Å². The van der Waals surface area contributed by atoms with Crippen LogP contribution in [0.2, 0.25) is 0 Å². The van der Waals surface area contributed by atoms with Crippen LogP contribution in [0.1, 0.15) is 79.1 Å². The first-order valence-electron chi connectivity index (χ1n) is 10.9. The molecule has 30 heavy (non-hydrogen) atoms. The number of Topliss-reactive ketones (excluding diaryl/α,β-unsaturated/α-hetero) is 2. The molecule has 5 nitrogen and oxygen atoms in total. The Labute approximate surface area is 188 Å². The number of allylic oxidation sites excluding steroid dienone is 3. The van der Waals surface area contributed by atoms with Gasteiger partial charge in [0.05, 0.1) is 5.60 Å². The molecule has 0 aromatic rings. The minimum absolute atomic E-state index is 0.000112. The maximum atomic E-state index is 12.8. The Hall–Kier alpha value is -1.05. The van der Waals surface area contributed by atoms with Crippen molar-refractivity contribution in [3.63, 3.8) is 0 Å². The molecule has 1 fully saturated rings. The van der Waals surface area contributed by atoms with Crippen molar-refractivity contribution in [1.82, 2.24) is 5.32 Å². The van der Waals surface area contributed by atoms with Gasteiger partial charge in [-0.15, -0.1) is 0 Å². The molecule has 0 aromatic carbocycles. The van der Waals surface area contributed by atoms with Gasteiger partial charge in [0, 0.05) is 46.3 Å². The standard InChI is InChI=1S/C23H35NO4S2/c1-15-16(2)22(27)19(18(21(15)26)9-12-23(3,4)28)10-13-24-20(25)8-6-5-7-17-11-14-29-30-17/h17,28H,5-14H2,1-4H3,(H,24,25). The van der Waals surface area contributed by atoms with Crippen LogP contribution < -0.4 is 5.32 Å². The molecular formula is C23H35NO4S2. The van der Waals surface area contributed by atoms with Crippen molar-refractivity contribution in [2.75, 3.05) is 12.3 Å². The van der Waals surface area contributed by atoms with E-state index in [1.165, 1.54) is 18.6 Å². The van der Waals surface area contributed by atoms with Gasteiger partial charge >= 0.3 is 0 Å². The molecule has 0 saturated carbocycles. The highest BCUT2D eigenvalue weighted by Crippen LogP contribution is 2.39. The largest absolute Gasteiger partial charge is 0.390 e. The number of carbonyl (C=O) groups is 3. The minimum Gasteiger partial charge on any atom is -0.390 e. The number of rotatable bonds is 11. The molecule has 1 saturated heterocycles. The van der Waals surface area contributed by atoms with E-state index in [1.54, 1.807) is 27.7 Å². The smallest absolute Gasteiger partial charge is 0.220 e. The van der Waals surface area contributed by atoms with E-state index in [2.05, 4.69) is 5.32 Å².